The summed E-state index contributed by atoms with van der Waals surface area (Å²) < 4.78 is 0. The van der Waals surface area contributed by atoms with Gasteiger partial charge in [0.15, 0.2) is 0 Å². The van der Waals surface area contributed by atoms with Gasteiger partial charge in [0.1, 0.15) is 0 Å². The first-order chi connectivity index (χ1) is 8.54. The van der Waals surface area contributed by atoms with Gasteiger partial charge < -0.3 is 4.90 Å². The van der Waals surface area contributed by atoms with E-state index < -0.39 is 0 Å². The fourth-order valence-electron chi connectivity index (χ4n) is 2.39. The average Bonchev–Trinajstić information content (AvgIpc) is 2.40. The lowest BCUT2D eigenvalue weighted by Gasteiger charge is -2.39. The fourth-order valence-corrected chi connectivity index (χ4v) is 2.54. The first-order valence-corrected chi connectivity index (χ1v) is 7.07. The summed E-state index contributed by atoms with van der Waals surface area (Å²) in [5, 5.41) is 0. The highest BCUT2D eigenvalue weighted by atomic mass is 32.1. The number of benzene rings is 1. The second-order valence-corrected chi connectivity index (χ2v) is 6.02. The van der Waals surface area contributed by atoms with Crippen molar-refractivity contribution in [1.29, 1.82) is 0 Å². The molecule has 0 saturated carbocycles. The highest BCUT2D eigenvalue weighted by Gasteiger charge is 2.30. The Hall–Kier alpha value is -0.960. The molecule has 0 unspecified atom stereocenters. The van der Waals surface area contributed by atoms with Crippen molar-refractivity contribution in [2.75, 3.05) is 13.1 Å². The van der Waals surface area contributed by atoms with E-state index in [0.717, 1.165) is 36.4 Å². The zero-order valence-corrected chi connectivity index (χ0v) is 12.0. The molecule has 98 valence electrons. The van der Waals surface area contributed by atoms with Crippen molar-refractivity contribution < 1.29 is 4.79 Å². The van der Waals surface area contributed by atoms with Crippen LogP contribution in [-0.2, 0) is 0 Å². The third-order valence-electron chi connectivity index (χ3n) is 4.23. The largest absolute Gasteiger partial charge is 0.339 e. The van der Waals surface area contributed by atoms with E-state index in [4.69, 9.17) is 0 Å². The van der Waals surface area contributed by atoms with Crippen LogP contribution in [0.4, 0.5) is 0 Å². The summed E-state index contributed by atoms with van der Waals surface area (Å²) in [6.07, 6.45) is 3.42. The van der Waals surface area contributed by atoms with Gasteiger partial charge in [0.2, 0.25) is 0 Å². The lowest BCUT2D eigenvalue weighted by molar-refractivity contribution is 0.0600. The van der Waals surface area contributed by atoms with E-state index in [1.807, 2.05) is 29.2 Å². The summed E-state index contributed by atoms with van der Waals surface area (Å²) in [5.41, 5.74) is 1.19. The van der Waals surface area contributed by atoms with Gasteiger partial charge in [-0.15, -0.1) is 12.6 Å². The Morgan fingerprint density at radius 2 is 1.83 bits per heavy atom. The zero-order valence-electron chi connectivity index (χ0n) is 11.1. The SMILES string of the molecule is CCC1(C)CCN(C(=O)c2ccc(S)cc2)CC1. The van der Waals surface area contributed by atoms with Gasteiger partial charge in [-0.2, -0.15) is 0 Å². The quantitative estimate of drug-likeness (QED) is 0.808. The summed E-state index contributed by atoms with van der Waals surface area (Å²) in [7, 11) is 0. The number of carbonyl (C=O) groups excluding carboxylic acids is 1. The van der Waals surface area contributed by atoms with Gasteiger partial charge in [-0.25, -0.2) is 0 Å². The second kappa shape index (κ2) is 5.35. The third kappa shape index (κ3) is 2.89. The number of carbonyl (C=O) groups is 1. The summed E-state index contributed by atoms with van der Waals surface area (Å²) in [6, 6.07) is 7.46. The van der Waals surface area contributed by atoms with Crippen molar-refractivity contribution in [1.82, 2.24) is 4.90 Å². The predicted molar refractivity (Wildman–Crippen MR) is 77.2 cm³/mol. The molecule has 1 aromatic carbocycles. The molecule has 0 atom stereocenters. The molecule has 1 saturated heterocycles. The minimum atomic E-state index is 0.154. The normalized spacial score (nSPS) is 18.7. The van der Waals surface area contributed by atoms with Crippen LogP contribution in [0.5, 0.6) is 0 Å². The molecule has 0 spiro atoms. The van der Waals surface area contributed by atoms with Crippen LogP contribution in [0.1, 0.15) is 43.5 Å². The Morgan fingerprint density at radius 1 is 1.28 bits per heavy atom. The van der Waals surface area contributed by atoms with Crippen LogP contribution in [0.15, 0.2) is 29.2 Å². The van der Waals surface area contributed by atoms with Crippen LogP contribution in [0.2, 0.25) is 0 Å². The molecule has 0 aliphatic carbocycles. The van der Waals surface area contributed by atoms with Gasteiger partial charge in [-0.3, -0.25) is 4.79 Å². The van der Waals surface area contributed by atoms with Crippen molar-refractivity contribution in [3.8, 4) is 0 Å². The number of hydrogen-bond donors (Lipinski definition) is 1. The lowest BCUT2D eigenvalue weighted by atomic mass is 9.78. The minimum Gasteiger partial charge on any atom is -0.339 e. The summed E-state index contributed by atoms with van der Waals surface area (Å²) in [6.45, 7) is 6.32. The molecule has 1 aromatic rings. The van der Waals surface area contributed by atoms with Crippen molar-refractivity contribution in [3.05, 3.63) is 29.8 Å². The smallest absolute Gasteiger partial charge is 0.253 e. The number of likely N-dealkylation sites (tertiary alicyclic amines) is 1. The van der Waals surface area contributed by atoms with Gasteiger partial charge in [0.05, 0.1) is 0 Å². The molecular formula is C15H21NOS. The number of piperidine rings is 1. The summed E-state index contributed by atoms with van der Waals surface area (Å²) in [4.78, 5) is 15.2. The second-order valence-electron chi connectivity index (χ2n) is 5.50. The lowest BCUT2D eigenvalue weighted by Crippen LogP contribution is -2.41. The molecule has 0 bridgehead atoms. The molecule has 1 fully saturated rings. The molecule has 1 amide bonds. The molecule has 1 aliphatic rings. The summed E-state index contributed by atoms with van der Waals surface area (Å²) in [5.74, 6) is 0.154. The standard InChI is InChI=1S/C15H21NOS/c1-3-15(2)8-10-16(11-9-15)14(17)12-4-6-13(18)7-5-12/h4-7,18H,3,8-11H2,1-2H3. The van der Waals surface area contributed by atoms with Crippen LogP contribution in [-0.4, -0.2) is 23.9 Å². The number of rotatable bonds is 2. The fraction of sp³-hybridized carbons (Fsp3) is 0.533. The van der Waals surface area contributed by atoms with Gasteiger partial charge >= 0.3 is 0 Å². The molecule has 0 N–H and O–H groups in total. The maximum atomic E-state index is 12.3. The Balaban J connectivity index is 2.01. The Kier molecular flexibility index (Phi) is 4.00. The van der Waals surface area contributed by atoms with E-state index in [9.17, 15) is 4.79 Å². The van der Waals surface area contributed by atoms with E-state index >= 15 is 0 Å². The molecule has 2 nitrogen and oxygen atoms in total. The highest BCUT2D eigenvalue weighted by Crippen LogP contribution is 2.34. The maximum absolute atomic E-state index is 12.3. The van der Waals surface area contributed by atoms with Crippen molar-refractivity contribution in [2.24, 2.45) is 5.41 Å². The van der Waals surface area contributed by atoms with E-state index in [2.05, 4.69) is 26.5 Å². The van der Waals surface area contributed by atoms with E-state index in [0.29, 0.717) is 5.41 Å². The van der Waals surface area contributed by atoms with Crippen LogP contribution in [0, 0.1) is 5.41 Å². The Bertz CT molecular complexity index is 419. The molecular weight excluding hydrogens is 242 g/mol. The average molecular weight is 263 g/mol. The first kappa shape index (κ1) is 13.5. The molecule has 0 radical (unpaired) electrons. The maximum Gasteiger partial charge on any atom is 0.253 e. The predicted octanol–water partition coefficient (Wildman–Crippen LogP) is 3.63. The minimum absolute atomic E-state index is 0.154. The first-order valence-electron chi connectivity index (χ1n) is 6.62. The molecule has 3 heteroatoms. The van der Waals surface area contributed by atoms with Crippen LogP contribution in [0.3, 0.4) is 0 Å². The van der Waals surface area contributed by atoms with E-state index in [-0.39, 0.29) is 5.91 Å². The number of nitrogens with zero attached hydrogens (tertiary/aromatic N) is 1. The monoisotopic (exact) mass is 263 g/mol. The molecule has 18 heavy (non-hydrogen) atoms. The molecule has 1 aliphatic heterocycles. The number of amides is 1. The van der Waals surface area contributed by atoms with E-state index in [1.165, 1.54) is 6.42 Å². The topological polar surface area (TPSA) is 20.3 Å². The third-order valence-corrected chi connectivity index (χ3v) is 4.52. The number of thiol groups is 1. The van der Waals surface area contributed by atoms with Crippen LogP contribution in [0.25, 0.3) is 0 Å². The highest BCUT2D eigenvalue weighted by molar-refractivity contribution is 7.80. The Morgan fingerprint density at radius 3 is 2.33 bits per heavy atom. The zero-order chi connectivity index (χ0) is 13.2. The Labute approximate surface area is 115 Å². The van der Waals surface area contributed by atoms with E-state index in [1.54, 1.807) is 0 Å². The van der Waals surface area contributed by atoms with Crippen LogP contribution < -0.4 is 0 Å². The van der Waals surface area contributed by atoms with Crippen molar-refractivity contribution in [2.45, 2.75) is 38.0 Å². The number of hydrogen-bond acceptors (Lipinski definition) is 2. The molecule has 1 heterocycles. The van der Waals surface area contributed by atoms with Gasteiger partial charge in [-0.1, -0.05) is 20.3 Å². The van der Waals surface area contributed by atoms with Crippen molar-refractivity contribution >= 4 is 18.5 Å². The van der Waals surface area contributed by atoms with Gasteiger partial charge in [0.25, 0.3) is 5.91 Å². The molecule has 0 aromatic heterocycles. The van der Waals surface area contributed by atoms with Crippen molar-refractivity contribution in [3.63, 3.8) is 0 Å². The van der Waals surface area contributed by atoms with Gasteiger partial charge in [0, 0.05) is 23.5 Å². The van der Waals surface area contributed by atoms with Crippen LogP contribution >= 0.6 is 12.6 Å². The molecule has 2 rings (SSSR count). The summed E-state index contributed by atoms with van der Waals surface area (Å²) >= 11 is 4.24. The van der Waals surface area contributed by atoms with Gasteiger partial charge in [-0.05, 0) is 42.5 Å².